The number of amides is 1. The summed E-state index contributed by atoms with van der Waals surface area (Å²) in [6, 6.07) is 5.68. The molecule has 4 bridgehead atoms. The first-order valence-electron chi connectivity index (χ1n) is 10.8. The summed E-state index contributed by atoms with van der Waals surface area (Å²) < 4.78 is 1.75. The maximum atomic E-state index is 13.2. The second-order valence-electron chi connectivity index (χ2n) is 9.81. The molecule has 4 fully saturated rings. The standard InChI is InChI=1S/C23H29ClN4O/c1-13-6-14(2)28(27-13)20-5-4-19(24)21(26-20)22(29)25-15(3)23-10-16-7-17(11-23)9-18(8-16)12-23/h4-6,15-18H,7-12H2,1-3H3,(H,25,29)/t15-,16?,17?,18?,23?/m0/s1. The summed E-state index contributed by atoms with van der Waals surface area (Å²) in [7, 11) is 0. The molecule has 0 radical (unpaired) electrons. The third-order valence-corrected chi connectivity index (χ3v) is 7.93. The molecule has 0 aliphatic heterocycles. The van der Waals surface area contributed by atoms with E-state index in [1.807, 2.05) is 19.9 Å². The number of halogens is 1. The van der Waals surface area contributed by atoms with Gasteiger partial charge < -0.3 is 5.32 Å². The van der Waals surface area contributed by atoms with E-state index in [4.69, 9.17) is 11.6 Å². The van der Waals surface area contributed by atoms with Crippen molar-refractivity contribution < 1.29 is 4.79 Å². The van der Waals surface area contributed by atoms with Crippen LogP contribution in [0.2, 0.25) is 5.02 Å². The topological polar surface area (TPSA) is 59.8 Å². The van der Waals surface area contributed by atoms with Crippen molar-refractivity contribution in [1.82, 2.24) is 20.1 Å². The van der Waals surface area contributed by atoms with Crippen LogP contribution in [0.25, 0.3) is 5.82 Å². The van der Waals surface area contributed by atoms with E-state index in [1.165, 1.54) is 38.5 Å². The van der Waals surface area contributed by atoms with E-state index < -0.39 is 0 Å². The molecule has 1 atom stereocenters. The second-order valence-corrected chi connectivity index (χ2v) is 10.2. The Bertz CT molecular complexity index is 930. The SMILES string of the molecule is Cc1cc(C)n(-c2ccc(Cl)c(C(=O)N[C@@H](C)C34CC5CC(CC(C5)C3)C4)n2)n1. The highest BCUT2D eigenvalue weighted by Crippen LogP contribution is 2.61. The fourth-order valence-electron chi connectivity index (χ4n) is 6.70. The van der Waals surface area contributed by atoms with Crippen molar-refractivity contribution in [2.24, 2.45) is 23.2 Å². The van der Waals surface area contributed by atoms with Crippen LogP contribution in [0.4, 0.5) is 0 Å². The van der Waals surface area contributed by atoms with Gasteiger partial charge in [0.1, 0.15) is 5.69 Å². The lowest BCUT2D eigenvalue weighted by Crippen LogP contribution is -2.55. The van der Waals surface area contributed by atoms with Crippen LogP contribution in [0.5, 0.6) is 0 Å². The molecule has 4 aliphatic rings. The zero-order valence-electron chi connectivity index (χ0n) is 17.4. The van der Waals surface area contributed by atoms with Crippen molar-refractivity contribution >= 4 is 17.5 Å². The largest absolute Gasteiger partial charge is 0.348 e. The molecule has 5 nitrogen and oxygen atoms in total. The van der Waals surface area contributed by atoms with Gasteiger partial charge in [0, 0.05) is 11.7 Å². The Morgan fingerprint density at radius 2 is 1.79 bits per heavy atom. The summed E-state index contributed by atoms with van der Waals surface area (Å²) in [6.45, 7) is 6.11. The van der Waals surface area contributed by atoms with Crippen LogP contribution in [-0.4, -0.2) is 26.7 Å². The number of nitrogens with one attached hydrogen (secondary N) is 1. The van der Waals surface area contributed by atoms with Gasteiger partial charge in [0.25, 0.3) is 5.91 Å². The zero-order chi connectivity index (χ0) is 20.3. The molecule has 0 aromatic carbocycles. The first kappa shape index (κ1) is 19.1. The van der Waals surface area contributed by atoms with Gasteiger partial charge in [-0.05, 0) is 101 Å². The van der Waals surface area contributed by atoms with Crippen molar-refractivity contribution in [3.63, 3.8) is 0 Å². The van der Waals surface area contributed by atoms with Crippen LogP contribution in [0.15, 0.2) is 18.2 Å². The summed E-state index contributed by atoms with van der Waals surface area (Å²) in [5.74, 6) is 3.01. The third kappa shape index (κ3) is 3.27. The van der Waals surface area contributed by atoms with Crippen LogP contribution in [-0.2, 0) is 0 Å². The van der Waals surface area contributed by atoms with E-state index >= 15 is 0 Å². The molecule has 2 aromatic heterocycles. The molecule has 0 unspecified atom stereocenters. The van der Waals surface area contributed by atoms with Gasteiger partial charge in [-0.1, -0.05) is 11.6 Å². The molecule has 1 N–H and O–H groups in total. The molecule has 0 saturated heterocycles. The molecular formula is C23H29ClN4O. The van der Waals surface area contributed by atoms with Gasteiger partial charge in [-0.2, -0.15) is 5.10 Å². The highest BCUT2D eigenvalue weighted by Gasteiger charge is 2.53. The lowest BCUT2D eigenvalue weighted by atomic mass is 9.48. The van der Waals surface area contributed by atoms with Crippen molar-refractivity contribution in [2.75, 3.05) is 0 Å². The van der Waals surface area contributed by atoms with Crippen molar-refractivity contribution in [1.29, 1.82) is 0 Å². The Morgan fingerprint density at radius 3 is 2.34 bits per heavy atom. The first-order valence-corrected chi connectivity index (χ1v) is 11.2. The van der Waals surface area contributed by atoms with Gasteiger partial charge in [-0.25, -0.2) is 9.67 Å². The van der Waals surface area contributed by atoms with E-state index in [1.54, 1.807) is 16.8 Å². The lowest BCUT2D eigenvalue weighted by Gasteiger charge is -2.59. The summed E-state index contributed by atoms with van der Waals surface area (Å²) in [5.41, 5.74) is 2.43. The molecule has 2 aromatic rings. The van der Waals surface area contributed by atoms with Crippen LogP contribution in [0.1, 0.15) is 67.3 Å². The smallest absolute Gasteiger partial charge is 0.271 e. The minimum atomic E-state index is -0.179. The van der Waals surface area contributed by atoms with E-state index in [2.05, 4.69) is 22.3 Å². The van der Waals surface area contributed by atoms with Crippen LogP contribution in [0.3, 0.4) is 0 Å². The minimum Gasteiger partial charge on any atom is -0.348 e. The number of aryl methyl sites for hydroxylation is 2. The highest BCUT2D eigenvalue weighted by atomic mass is 35.5. The Hall–Kier alpha value is -1.88. The number of carbonyl (C=O) groups excluding carboxylic acids is 1. The number of pyridine rings is 1. The van der Waals surface area contributed by atoms with Gasteiger partial charge in [-0.15, -0.1) is 0 Å². The molecule has 6 rings (SSSR count). The van der Waals surface area contributed by atoms with Gasteiger partial charge in [0.05, 0.1) is 10.7 Å². The summed E-state index contributed by atoms with van der Waals surface area (Å²) >= 11 is 6.37. The second kappa shape index (κ2) is 6.83. The fraction of sp³-hybridized carbons (Fsp3) is 0.609. The molecule has 1 amide bonds. The van der Waals surface area contributed by atoms with E-state index in [9.17, 15) is 4.79 Å². The number of carbonyl (C=O) groups is 1. The van der Waals surface area contributed by atoms with Gasteiger partial charge in [-0.3, -0.25) is 4.79 Å². The Labute approximate surface area is 177 Å². The third-order valence-electron chi connectivity index (χ3n) is 7.62. The van der Waals surface area contributed by atoms with Crippen LogP contribution < -0.4 is 5.32 Å². The molecule has 2 heterocycles. The average molecular weight is 413 g/mol. The Kier molecular flexibility index (Phi) is 4.50. The maximum absolute atomic E-state index is 13.2. The zero-order valence-corrected chi connectivity index (χ0v) is 18.2. The Morgan fingerprint density at radius 1 is 1.17 bits per heavy atom. The Balaban J connectivity index is 1.38. The summed E-state index contributed by atoms with van der Waals surface area (Å²) in [5, 5.41) is 8.13. The summed E-state index contributed by atoms with van der Waals surface area (Å²) in [6.07, 6.45) is 7.97. The lowest BCUT2D eigenvalue weighted by molar-refractivity contribution is -0.0688. The summed E-state index contributed by atoms with van der Waals surface area (Å²) in [4.78, 5) is 17.7. The number of hydrogen-bond donors (Lipinski definition) is 1. The van der Waals surface area contributed by atoms with Crippen LogP contribution in [0, 0.1) is 37.0 Å². The molecule has 4 saturated carbocycles. The van der Waals surface area contributed by atoms with Crippen molar-refractivity contribution in [2.45, 2.75) is 65.3 Å². The van der Waals surface area contributed by atoms with Crippen molar-refractivity contribution in [3.8, 4) is 5.82 Å². The molecular weight excluding hydrogens is 384 g/mol. The number of rotatable bonds is 4. The van der Waals surface area contributed by atoms with E-state index in [-0.39, 0.29) is 23.1 Å². The number of nitrogens with zero attached hydrogens (tertiary/aromatic N) is 3. The average Bonchev–Trinajstić information content (AvgIpc) is 2.99. The van der Waals surface area contributed by atoms with Crippen LogP contribution >= 0.6 is 11.6 Å². The quantitative estimate of drug-likeness (QED) is 0.779. The van der Waals surface area contributed by atoms with E-state index in [0.717, 1.165) is 29.1 Å². The number of hydrogen-bond acceptors (Lipinski definition) is 3. The predicted molar refractivity (Wildman–Crippen MR) is 113 cm³/mol. The molecule has 154 valence electrons. The molecule has 6 heteroatoms. The molecule has 29 heavy (non-hydrogen) atoms. The normalized spacial score (nSPS) is 31.1. The van der Waals surface area contributed by atoms with Gasteiger partial charge in [0.15, 0.2) is 5.82 Å². The van der Waals surface area contributed by atoms with Gasteiger partial charge >= 0.3 is 0 Å². The fourth-order valence-corrected chi connectivity index (χ4v) is 6.89. The van der Waals surface area contributed by atoms with Crippen molar-refractivity contribution in [3.05, 3.63) is 40.3 Å². The van der Waals surface area contributed by atoms with Gasteiger partial charge in [0.2, 0.25) is 0 Å². The highest BCUT2D eigenvalue weighted by molar-refractivity contribution is 6.33. The maximum Gasteiger partial charge on any atom is 0.271 e. The monoisotopic (exact) mass is 412 g/mol. The predicted octanol–water partition coefficient (Wildman–Crippen LogP) is 4.87. The van der Waals surface area contributed by atoms with E-state index in [0.29, 0.717) is 10.8 Å². The first-order chi connectivity index (χ1) is 13.8. The molecule has 0 spiro atoms. The minimum absolute atomic E-state index is 0.138. The molecule has 4 aliphatic carbocycles. The number of aromatic nitrogens is 3.